The third-order valence-corrected chi connectivity index (χ3v) is 5.32. The van der Waals surface area contributed by atoms with Crippen molar-refractivity contribution in [1.82, 2.24) is 19.7 Å². The molecule has 4 rings (SSSR count). The van der Waals surface area contributed by atoms with Crippen LogP contribution in [0.5, 0.6) is 0 Å². The zero-order valence-corrected chi connectivity index (χ0v) is 14.1. The number of hydrogen-bond donors (Lipinski definition) is 0. The van der Waals surface area contributed by atoms with E-state index in [2.05, 4.69) is 28.6 Å². The molecule has 1 aromatic heterocycles. The van der Waals surface area contributed by atoms with Crippen molar-refractivity contribution in [1.29, 1.82) is 0 Å². The average Bonchev–Trinajstić information content (AvgIpc) is 2.97. The molecule has 1 saturated heterocycles. The van der Waals surface area contributed by atoms with Crippen LogP contribution < -0.4 is 0 Å². The summed E-state index contributed by atoms with van der Waals surface area (Å²) in [6, 6.07) is 10.1. The number of nitrogens with zero attached hydrogens (tertiary/aromatic N) is 4. The molecule has 1 aromatic carbocycles. The van der Waals surface area contributed by atoms with Crippen LogP contribution in [-0.2, 0) is 22.6 Å². The molecule has 0 spiro atoms. The Kier molecular flexibility index (Phi) is 3.64. The summed E-state index contributed by atoms with van der Waals surface area (Å²) in [5.41, 5.74) is 0.701. The standard InChI is InChI=1S/C18H22N4O2/c1-13(2)18(11-24-12-18)17(23)21-8-9-22-15(10-21)19-20-16(22)14-6-4-3-5-7-14/h3-7,13H,8-12H2,1-2H3. The molecule has 6 nitrogen and oxygen atoms in total. The molecule has 0 aliphatic carbocycles. The molecular formula is C18H22N4O2. The summed E-state index contributed by atoms with van der Waals surface area (Å²) in [4.78, 5) is 14.9. The molecule has 0 unspecified atom stereocenters. The quantitative estimate of drug-likeness (QED) is 0.865. The monoisotopic (exact) mass is 326 g/mol. The number of benzene rings is 1. The van der Waals surface area contributed by atoms with Gasteiger partial charge in [0, 0.05) is 18.7 Å². The molecule has 2 aliphatic rings. The van der Waals surface area contributed by atoms with Crippen molar-refractivity contribution in [3.8, 4) is 11.4 Å². The Balaban J connectivity index is 1.57. The minimum absolute atomic E-state index is 0.194. The fraction of sp³-hybridized carbons (Fsp3) is 0.500. The average molecular weight is 326 g/mol. The van der Waals surface area contributed by atoms with Gasteiger partial charge in [-0.1, -0.05) is 44.2 Å². The van der Waals surface area contributed by atoms with Crippen LogP contribution in [0.15, 0.2) is 30.3 Å². The summed E-state index contributed by atoms with van der Waals surface area (Å²) < 4.78 is 7.49. The van der Waals surface area contributed by atoms with Crippen LogP contribution in [0.1, 0.15) is 19.7 Å². The fourth-order valence-electron chi connectivity index (χ4n) is 3.47. The first-order chi connectivity index (χ1) is 11.6. The second-order valence-electron chi connectivity index (χ2n) is 6.99. The smallest absolute Gasteiger partial charge is 0.234 e. The number of carbonyl (C=O) groups excluding carboxylic acids is 1. The molecule has 24 heavy (non-hydrogen) atoms. The van der Waals surface area contributed by atoms with Crippen molar-refractivity contribution >= 4 is 5.91 Å². The maximum absolute atomic E-state index is 13.0. The van der Waals surface area contributed by atoms with E-state index < -0.39 is 0 Å². The molecular weight excluding hydrogens is 304 g/mol. The van der Waals surface area contributed by atoms with Gasteiger partial charge in [-0.25, -0.2) is 0 Å². The highest BCUT2D eigenvalue weighted by molar-refractivity contribution is 5.84. The van der Waals surface area contributed by atoms with Gasteiger partial charge in [0.25, 0.3) is 0 Å². The summed E-state index contributed by atoms with van der Waals surface area (Å²) >= 11 is 0. The van der Waals surface area contributed by atoms with E-state index in [0.717, 1.165) is 23.8 Å². The SMILES string of the molecule is CC(C)C1(C(=O)N2CCn3c(nnc3-c3ccccc3)C2)COC1. The van der Waals surface area contributed by atoms with Gasteiger partial charge in [-0.2, -0.15) is 0 Å². The normalized spacial score (nSPS) is 19.0. The first-order valence-electron chi connectivity index (χ1n) is 8.46. The molecule has 0 bridgehead atoms. The lowest BCUT2D eigenvalue weighted by molar-refractivity contribution is -0.183. The van der Waals surface area contributed by atoms with Gasteiger partial charge < -0.3 is 14.2 Å². The van der Waals surface area contributed by atoms with Crippen molar-refractivity contribution in [3.05, 3.63) is 36.2 Å². The van der Waals surface area contributed by atoms with Crippen molar-refractivity contribution < 1.29 is 9.53 Å². The van der Waals surface area contributed by atoms with Crippen LogP contribution >= 0.6 is 0 Å². The van der Waals surface area contributed by atoms with Crippen molar-refractivity contribution in [3.63, 3.8) is 0 Å². The van der Waals surface area contributed by atoms with E-state index in [1.54, 1.807) is 0 Å². The van der Waals surface area contributed by atoms with E-state index >= 15 is 0 Å². The molecule has 0 atom stereocenters. The van der Waals surface area contributed by atoms with Crippen LogP contribution in [-0.4, -0.2) is 45.3 Å². The highest BCUT2D eigenvalue weighted by Gasteiger charge is 2.50. The molecule has 0 radical (unpaired) electrons. The van der Waals surface area contributed by atoms with Crippen LogP contribution in [0.4, 0.5) is 0 Å². The Morgan fingerprint density at radius 3 is 2.54 bits per heavy atom. The van der Waals surface area contributed by atoms with Crippen molar-refractivity contribution in [2.45, 2.75) is 26.9 Å². The Morgan fingerprint density at radius 1 is 1.17 bits per heavy atom. The highest BCUT2D eigenvalue weighted by atomic mass is 16.5. The minimum atomic E-state index is -0.357. The molecule has 2 aliphatic heterocycles. The summed E-state index contributed by atoms with van der Waals surface area (Å²) in [5.74, 6) is 2.20. The van der Waals surface area contributed by atoms with Gasteiger partial charge in [0.05, 0.1) is 25.2 Å². The first-order valence-corrected chi connectivity index (χ1v) is 8.46. The van der Waals surface area contributed by atoms with Gasteiger partial charge in [0.15, 0.2) is 11.6 Å². The van der Waals surface area contributed by atoms with Crippen LogP contribution in [0.25, 0.3) is 11.4 Å². The van der Waals surface area contributed by atoms with E-state index in [1.807, 2.05) is 35.2 Å². The molecule has 0 N–H and O–H groups in total. The highest BCUT2D eigenvalue weighted by Crippen LogP contribution is 2.38. The largest absolute Gasteiger partial charge is 0.379 e. The lowest BCUT2D eigenvalue weighted by Gasteiger charge is -2.46. The zero-order chi connectivity index (χ0) is 16.7. The molecule has 1 fully saturated rings. The third kappa shape index (κ3) is 2.24. The number of fused-ring (bicyclic) bond motifs is 1. The number of ether oxygens (including phenoxy) is 1. The number of amides is 1. The van der Waals surface area contributed by atoms with Gasteiger partial charge in [-0.15, -0.1) is 10.2 Å². The maximum Gasteiger partial charge on any atom is 0.234 e. The molecule has 1 amide bonds. The minimum Gasteiger partial charge on any atom is -0.379 e. The van der Waals surface area contributed by atoms with Gasteiger partial charge in [-0.05, 0) is 5.92 Å². The van der Waals surface area contributed by atoms with Crippen LogP contribution in [0, 0.1) is 11.3 Å². The van der Waals surface area contributed by atoms with E-state index in [0.29, 0.717) is 26.3 Å². The molecule has 2 aromatic rings. The summed E-state index contributed by atoms with van der Waals surface area (Å²) in [6.07, 6.45) is 0. The molecule has 126 valence electrons. The topological polar surface area (TPSA) is 60.2 Å². The van der Waals surface area contributed by atoms with Gasteiger partial charge in [0.2, 0.25) is 5.91 Å². The zero-order valence-electron chi connectivity index (χ0n) is 14.1. The summed E-state index contributed by atoms with van der Waals surface area (Å²) in [7, 11) is 0. The number of rotatable bonds is 3. The molecule has 6 heteroatoms. The van der Waals surface area contributed by atoms with E-state index in [9.17, 15) is 4.79 Å². The summed E-state index contributed by atoms with van der Waals surface area (Å²) in [5, 5.41) is 8.67. The predicted molar refractivity (Wildman–Crippen MR) is 89.0 cm³/mol. The first kappa shape index (κ1) is 15.3. The number of hydrogen-bond acceptors (Lipinski definition) is 4. The van der Waals surface area contributed by atoms with Crippen LogP contribution in [0.2, 0.25) is 0 Å². The van der Waals surface area contributed by atoms with Crippen LogP contribution in [0.3, 0.4) is 0 Å². The van der Waals surface area contributed by atoms with E-state index in [1.165, 1.54) is 0 Å². The second kappa shape index (κ2) is 5.70. The Hall–Kier alpha value is -2.21. The molecule has 0 saturated carbocycles. The molecule has 3 heterocycles. The number of aromatic nitrogens is 3. The van der Waals surface area contributed by atoms with Crippen molar-refractivity contribution in [2.75, 3.05) is 19.8 Å². The van der Waals surface area contributed by atoms with Gasteiger partial charge in [0.1, 0.15) is 0 Å². The Morgan fingerprint density at radius 2 is 1.92 bits per heavy atom. The van der Waals surface area contributed by atoms with Gasteiger partial charge >= 0.3 is 0 Å². The van der Waals surface area contributed by atoms with E-state index in [-0.39, 0.29) is 17.2 Å². The number of carbonyl (C=O) groups is 1. The Labute approximate surface area is 141 Å². The summed E-state index contributed by atoms with van der Waals surface area (Å²) in [6.45, 7) is 7.20. The lowest BCUT2D eigenvalue weighted by Crippen LogP contribution is -2.59. The maximum atomic E-state index is 13.0. The van der Waals surface area contributed by atoms with Crippen molar-refractivity contribution in [2.24, 2.45) is 11.3 Å². The third-order valence-electron chi connectivity index (χ3n) is 5.32. The Bertz CT molecular complexity index is 750. The second-order valence-corrected chi connectivity index (χ2v) is 6.99. The predicted octanol–water partition coefficient (Wildman–Crippen LogP) is 1.96. The fourth-order valence-corrected chi connectivity index (χ4v) is 3.47. The lowest BCUT2D eigenvalue weighted by atomic mass is 9.74. The van der Waals surface area contributed by atoms with E-state index in [4.69, 9.17) is 4.74 Å². The van der Waals surface area contributed by atoms with Gasteiger partial charge in [-0.3, -0.25) is 4.79 Å².